The minimum atomic E-state index is -0.187. The minimum Gasteiger partial charge on any atom is -0.309 e. The van der Waals surface area contributed by atoms with Gasteiger partial charge >= 0.3 is 0 Å². The summed E-state index contributed by atoms with van der Waals surface area (Å²) in [4.78, 5) is 23.1. The zero-order valence-corrected chi connectivity index (χ0v) is 15.7. The van der Waals surface area contributed by atoms with E-state index in [9.17, 15) is 4.79 Å². The van der Waals surface area contributed by atoms with Gasteiger partial charge in [0.1, 0.15) is 5.84 Å². The summed E-state index contributed by atoms with van der Waals surface area (Å²) in [5.41, 5.74) is 3.64. The van der Waals surface area contributed by atoms with Crippen molar-refractivity contribution in [2.45, 2.75) is 19.3 Å². The highest BCUT2D eigenvalue weighted by Crippen LogP contribution is 2.35. The van der Waals surface area contributed by atoms with Crippen LogP contribution in [-0.2, 0) is 0 Å². The average Bonchev–Trinajstić information content (AvgIpc) is 3.19. The van der Waals surface area contributed by atoms with Gasteiger partial charge in [0.15, 0.2) is 0 Å². The van der Waals surface area contributed by atoms with Crippen LogP contribution in [0.25, 0.3) is 0 Å². The lowest BCUT2D eigenvalue weighted by molar-refractivity contribution is 0.0980. The highest BCUT2D eigenvalue weighted by Gasteiger charge is 2.28. The number of para-hydroxylation sites is 2. The largest absolute Gasteiger partial charge is 0.309 e. The van der Waals surface area contributed by atoms with Gasteiger partial charge in [-0.2, -0.15) is 0 Å². The molecule has 3 aromatic rings. The molecule has 0 unspecified atom stereocenters. The molecule has 5 heteroatoms. The maximum atomic E-state index is 12.7. The second kappa shape index (κ2) is 7.68. The molecule has 134 valence electrons. The van der Waals surface area contributed by atoms with Crippen molar-refractivity contribution < 1.29 is 4.79 Å². The molecule has 0 spiro atoms. The van der Waals surface area contributed by atoms with E-state index in [-0.39, 0.29) is 11.8 Å². The Morgan fingerprint density at radius 3 is 2.33 bits per heavy atom. The van der Waals surface area contributed by atoms with E-state index >= 15 is 0 Å². The average molecular weight is 373 g/mol. The topological polar surface area (TPSA) is 53.8 Å². The van der Waals surface area contributed by atoms with Crippen molar-refractivity contribution in [3.63, 3.8) is 0 Å². The molecule has 0 saturated heterocycles. The van der Waals surface area contributed by atoms with Gasteiger partial charge < -0.3 is 5.32 Å². The lowest BCUT2D eigenvalue weighted by Gasteiger charge is -2.20. The smallest absolute Gasteiger partial charge is 0.266 e. The Morgan fingerprint density at radius 2 is 1.67 bits per heavy atom. The maximum absolute atomic E-state index is 12.7. The molecule has 1 amide bonds. The Labute approximate surface area is 162 Å². The van der Waals surface area contributed by atoms with Crippen LogP contribution in [0.15, 0.2) is 82.1 Å². The van der Waals surface area contributed by atoms with Crippen molar-refractivity contribution in [2.75, 3.05) is 0 Å². The van der Waals surface area contributed by atoms with E-state index in [2.05, 4.69) is 24.4 Å². The van der Waals surface area contributed by atoms with Crippen LogP contribution in [0.1, 0.15) is 34.5 Å². The van der Waals surface area contributed by atoms with Gasteiger partial charge in [-0.1, -0.05) is 55.5 Å². The van der Waals surface area contributed by atoms with Crippen molar-refractivity contribution in [1.82, 2.24) is 5.32 Å². The van der Waals surface area contributed by atoms with E-state index in [0.29, 0.717) is 10.7 Å². The van der Waals surface area contributed by atoms with Crippen LogP contribution in [0, 0.1) is 0 Å². The van der Waals surface area contributed by atoms with Crippen LogP contribution in [0.5, 0.6) is 0 Å². The molecular weight excluding hydrogens is 354 g/mol. The molecule has 0 fully saturated rings. The number of nitrogens with one attached hydrogen (secondary N) is 1. The van der Waals surface area contributed by atoms with Crippen LogP contribution in [0.4, 0.5) is 11.4 Å². The van der Waals surface area contributed by atoms with E-state index in [1.807, 2.05) is 60.0 Å². The monoisotopic (exact) mass is 373 g/mol. The van der Waals surface area contributed by atoms with Gasteiger partial charge in [-0.3, -0.25) is 9.79 Å². The van der Waals surface area contributed by atoms with Crippen LogP contribution in [0.2, 0.25) is 0 Å². The van der Waals surface area contributed by atoms with Gasteiger partial charge in [-0.05, 0) is 35.6 Å². The number of benzene rings is 2. The Morgan fingerprint density at radius 1 is 0.963 bits per heavy atom. The van der Waals surface area contributed by atoms with Crippen LogP contribution in [-0.4, -0.2) is 17.5 Å². The van der Waals surface area contributed by atoms with E-state index in [1.165, 1.54) is 11.3 Å². The number of carbonyl (C=O) groups is 1. The molecule has 2 aromatic carbocycles. The number of rotatable bonds is 3. The molecule has 0 bridgehead atoms. The Kier molecular flexibility index (Phi) is 4.94. The highest BCUT2D eigenvalue weighted by molar-refractivity contribution is 7.12. The SMILES string of the molecule is CCC1=Nc2ccccc2N=C(NC(=O)c2cccs2)[C@@H]1c1ccccc1. The first-order valence-corrected chi connectivity index (χ1v) is 9.79. The zero-order chi connectivity index (χ0) is 18.6. The molecule has 1 N–H and O–H groups in total. The van der Waals surface area contributed by atoms with E-state index in [0.717, 1.165) is 29.1 Å². The number of hydrogen-bond donors (Lipinski definition) is 1. The normalized spacial score (nSPS) is 16.0. The van der Waals surface area contributed by atoms with E-state index in [4.69, 9.17) is 9.98 Å². The predicted octanol–water partition coefficient (Wildman–Crippen LogP) is 5.49. The summed E-state index contributed by atoms with van der Waals surface area (Å²) in [5.74, 6) is 0.289. The van der Waals surface area contributed by atoms with Gasteiger partial charge in [0.2, 0.25) is 0 Å². The summed E-state index contributed by atoms with van der Waals surface area (Å²) in [5, 5.41) is 4.95. The first-order chi connectivity index (χ1) is 13.3. The van der Waals surface area contributed by atoms with Crippen molar-refractivity contribution in [3.8, 4) is 0 Å². The van der Waals surface area contributed by atoms with Gasteiger partial charge in [-0.15, -0.1) is 11.3 Å². The van der Waals surface area contributed by atoms with Crippen molar-refractivity contribution >= 4 is 40.2 Å². The van der Waals surface area contributed by atoms with E-state index < -0.39 is 0 Å². The summed E-state index contributed by atoms with van der Waals surface area (Å²) < 4.78 is 0. The Balaban J connectivity index is 1.83. The van der Waals surface area contributed by atoms with Crippen molar-refractivity contribution in [2.24, 2.45) is 9.98 Å². The predicted molar refractivity (Wildman–Crippen MR) is 112 cm³/mol. The first-order valence-electron chi connectivity index (χ1n) is 8.91. The summed E-state index contributed by atoms with van der Waals surface area (Å²) in [6.07, 6.45) is 0.766. The van der Waals surface area contributed by atoms with Crippen LogP contribution >= 0.6 is 11.3 Å². The lowest BCUT2D eigenvalue weighted by Crippen LogP contribution is -2.37. The fraction of sp³-hybridized carbons (Fsp3) is 0.136. The number of hydrogen-bond acceptors (Lipinski definition) is 4. The molecule has 27 heavy (non-hydrogen) atoms. The summed E-state index contributed by atoms with van der Waals surface area (Å²) in [6, 6.07) is 21.6. The van der Waals surface area contributed by atoms with E-state index in [1.54, 1.807) is 0 Å². The standard InChI is InChI=1S/C22H19N3OS/c1-2-16-20(15-9-4-3-5-10-15)21(25-22(26)19-13-8-14-27-19)24-18-12-7-6-11-17(18)23-16/h3-14,20H,2H2,1H3,(H,24,25,26)/t20-/m1/s1. The summed E-state index contributed by atoms with van der Waals surface area (Å²) >= 11 is 1.42. The number of amidine groups is 1. The second-order valence-corrected chi connectivity index (χ2v) is 7.17. The molecule has 1 aromatic heterocycles. The number of carbonyl (C=O) groups excluding carboxylic acids is 1. The Hall–Kier alpha value is -3.05. The number of nitrogens with zero attached hydrogens (tertiary/aromatic N) is 2. The highest BCUT2D eigenvalue weighted by atomic mass is 32.1. The molecule has 0 saturated carbocycles. The lowest BCUT2D eigenvalue weighted by atomic mass is 9.91. The molecule has 1 aliphatic heterocycles. The molecule has 4 nitrogen and oxygen atoms in total. The maximum Gasteiger partial charge on any atom is 0.266 e. The third kappa shape index (κ3) is 3.59. The van der Waals surface area contributed by atoms with Gasteiger partial charge in [0.05, 0.1) is 22.2 Å². The molecule has 4 rings (SSSR count). The third-order valence-electron chi connectivity index (χ3n) is 4.48. The van der Waals surface area contributed by atoms with Gasteiger partial charge in [-0.25, -0.2) is 4.99 Å². The van der Waals surface area contributed by atoms with Crippen molar-refractivity contribution in [3.05, 3.63) is 82.6 Å². The summed E-state index contributed by atoms with van der Waals surface area (Å²) in [7, 11) is 0. The summed E-state index contributed by atoms with van der Waals surface area (Å²) in [6.45, 7) is 2.08. The molecule has 2 heterocycles. The Bertz CT molecular complexity index is 1010. The van der Waals surface area contributed by atoms with Crippen molar-refractivity contribution in [1.29, 1.82) is 0 Å². The fourth-order valence-electron chi connectivity index (χ4n) is 3.19. The third-order valence-corrected chi connectivity index (χ3v) is 5.34. The number of thiophene rings is 1. The first kappa shape index (κ1) is 17.4. The molecule has 0 radical (unpaired) electrons. The number of aliphatic imine (C=N–C) groups is 2. The number of fused-ring (bicyclic) bond motifs is 1. The fourth-order valence-corrected chi connectivity index (χ4v) is 3.81. The molecular formula is C22H19N3OS. The quantitative estimate of drug-likeness (QED) is 0.648. The van der Waals surface area contributed by atoms with Gasteiger partial charge in [0.25, 0.3) is 5.91 Å². The number of amides is 1. The minimum absolute atomic E-state index is 0.139. The molecule has 1 aliphatic rings. The van der Waals surface area contributed by atoms with Gasteiger partial charge in [0, 0.05) is 5.71 Å². The van der Waals surface area contributed by atoms with Crippen LogP contribution in [0.3, 0.4) is 0 Å². The zero-order valence-electron chi connectivity index (χ0n) is 14.9. The van der Waals surface area contributed by atoms with Crippen LogP contribution < -0.4 is 5.32 Å². The molecule has 0 aliphatic carbocycles. The second-order valence-electron chi connectivity index (χ2n) is 6.22. The molecule has 1 atom stereocenters.